The number of halogens is 3. The highest BCUT2D eigenvalue weighted by atomic mass is 19.4. The molecule has 184 valence electrons. The molecule has 0 radical (unpaired) electrons. The van der Waals surface area contributed by atoms with E-state index in [1.54, 1.807) is 12.3 Å². The number of benzene rings is 1. The molecule has 1 aromatic heterocycles. The van der Waals surface area contributed by atoms with E-state index in [0.29, 0.717) is 12.1 Å². The lowest BCUT2D eigenvalue weighted by Gasteiger charge is -2.54. The van der Waals surface area contributed by atoms with Gasteiger partial charge < -0.3 is 15.3 Å². The number of aromatic amines is 1. The fourth-order valence-electron chi connectivity index (χ4n) is 4.39. The molecule has 8 nitrogen and oxygen atoms in total. The number of carboxylic acid groups (broad SMARTS) is 1. The lowest BCUT2D eigenvalue weighted by atomic mass is 9.59. The van der Waals surface area contributed by atoms with Gasteiger partial charge in [0.2, 0.25) is 5.91 Å². The van der Waals surface area contributed by atoms with Crippen LogP contribution >= 0.6 is 0 Å². The predicted molar refractivity (Wildman–Crippen MR) is 116 cm³/mol. The molecule has 1 aromatic carbocycles. The van der Waals surface area contributed by atoms with Gasteiger partial charge in [0.25, 0.3) is 5.91 Å². The van der Waals surface area contributed by atoms with Crippen molar-refractivity contribution in [1.29, 1.82) is 0 Å². The van der Waals surface area contributed by atoms with Crippen LogP contribution in [-0.4, -0.2) is 63.3 Å². The van der Waals surface area contributed by atoms with E-state index in [4.69, 9.17) is 9.90 Å². The number of aryl methyl sites for hydroxylation is 1. The molecule has 4 rings (SSSR count). The normalized spacial score (nSPS) is 18.9. The molecule has 2 aliphatic rings. The van der Waals surface area contributed by atoms with Gasteiger partial charge in [-0.3, -0.25) is 14.7 Å². The minimum Gasteiger partial charge on any atom is -0.475 e. The average molecular weight is 480 g/mol. The zero-order chi connectivity index (χ0) is 24.8. The first kappa shape index (κ1) is 25.3. The molecule has 1 saturated heterocycles. The Hall–Kier alpha value is -3.37. The molecular weight excluding hydrogens is 453 g/mol. The van der Waals surface area contributed by atoms with Crippen LogP contribution in [0.4, 0.5) is 13.2 Å². The van der Waals surface area contributed by atoms with Gasteiger partial charge in [-0.25, -0.2) is 4.79 Å². The van der Waals surface area contributed by atoms with E-state index in [9.17, 15) is 22.8 Å². The van der Waals surface area contributed by atoms with Crippen molar-refractivity contribution in [1.82, 2.24) is 20.4 Å². The van der Waals surface area contributed by atoms with Gasteiger partial charge in [-0.05, 0) is 49.1 Å². The van der Waals surface area contributed by atoms with Crippen LogP contribution in [-0.2, 0) is 16.0 Å². The maximum atomic E-state index is 12.4. The lowest BCUT2D eigenvalue weighted by Crippen LogP contribution is -2.59. The van der Waals surface area contributed by atoms with Gasteiger partial charge >= 0.3 is 12.1 Å². The molecule has 2 heterocycles. The van der Waals surface area contributed by atoms with Gasteiger partial charge in [0, 0.05) is 31.7 Å². The molecule has 1 unspecified atom stereocenters. The maximum absolute atomic E-state index is 12.4. The number of hydrogen-bond donors (Lipinski definition) is 3. The van der Waals surface area contributed by atoms with Gasteiger partial charge in [0.15, 0.2) is 0 Å². The molecular formula is C23H27F3N4O4. The number of aliphatic carboxylic acids is 1. The van der Waals surface area contributed by atoms with Crippen molar-refractivity contribution in [3.63, 3.8) is 0 Å². The first-order valence-corrected chi connectivity index (χ1v) is 11.0. The van der Waals surface area contributed by atoms with E-state index >= 15 is 0 Å². The lowest BCUT2D eigenvalue weighted by molar-refractivity contribution is -0.192. The van der Waals surface area contributed by atoms with Crippen LogP contribution < -0.4 is 5.32 Å². The molecule has 2 amide bonds. The van der Waals surface area contributed by atoms with Crippen LogP contribution in [0.2, 0.25) is 0 Å². The Labute approximate surface area is 194 Å². The van der Waals surface area contributed by atoms with Crippen molar-refractivity contribution >= 4 is 17.8 Å². The second-order valence-electron chi connectivity index (χ2n) is 8.57. The highest BCUT2D eigenvalue weighted by Gasteiger charge is 2.49. The number of nitrogens with zero attached hydrogens (tertiary/aromatic N) is 2. The summed E-state index contributed by atoms with van der Waals surface area (Å²) >= 11 is 0. The molecule has 1 aliphatic heterocycles. The summed E-state index contributed by atoms with van der Waals surface area (Å²) in [5, 5.41) is 17.0. The molecule has 1 aliphatic carbocycles. The van der Waals surface area contributed by atoms with Gasteiger partial charge in [-0.1, -0.05) is 30.3 Å². The third kappa shape index (κ3) is 6.36. The van der Waals surface area contributed by atoms with Gasteiger partial charge in [-0.2, -0.15) is 18.3 Å². The number of alkyl halides is 3. The summed E-state index contributed by atoms with van der Waals surface area (Å²) in [6.07, 6.45) is 1.92. The number of H-pyrrole nitrogens is 1. The maximum Gasteiger partial charge on any atom is 0.490 e. The van der Waals surface area contributed by atoms with Crippen LogP contribution in [0, 0.1) is 5.41 Å². The Morgan fingerprint density at radius 3 is 2.26 bits per heavy atom. The summed E-state index contributed by atoms with van der Waals surface area (Å²) < 4.78 is 31.7. The molecule has 1 saturated carbocycles. The summed E-state index contributed by atoms with van der Waals surface area (Å²) in [6.45, 7) is 1.49. The van der Waals surface area contributed by atoms with Crippen LogP contribution in [0.1, 0.15) is 48.2 Å². The Kier molecular flexibility index (Phi) is 7.95. The third-order valence-corrected chi connectivity index (χ3v) is 6.51. The van der Waals surface area contributed by atoms with Crippen molar-refractivity contribution in [3.05, 3.63) is 53.9 Å². The second kappa shape index (κ2) is 10.7. The monoisotopic (exact) mass is 480 g/mol. The fraction of sp³-hybridized carbons (Fsp3) is 0.478. The molecule has 3 N–H and O–H groups in total. The first-order valence-electron chi connectivity index (χ1n) is 11.0. The Bertz CT molecular complexity index is 972. The van der Waals surface area contributed by atoms with E-state index in [2.05, 4.69) is 27.6 Å². The second-order valence-corrected chi connectivity index (χ2v) is 8.57. The Balaban J connectivity index is 0.000000406. The Morgan fingerprint density at radius 2 is 1.76 bits per heavy atom. The third-order valence-electron chi connectivity index (χ3n) is 6.51. The van der Waals surface area contributed by atoms with Gasteiger partial charge in [-0.15, -0.1) is 0 Å². The fourth-order valence-corrected chi connectivity index (χ4v) is 4.39. The van der Waals surface area contributed by atoms with Crippen LogP contribution in [0.25, 0.3) is 0 Å². The summed E-state index contributed by atoms with van der Waals surface area (Å²) in [7, 11) is 0. The summed E-state index contributed by atoms with van der Waals surface area (Å²) in [5.41, 5.74) is 1.92. The number of carbonyl (C=O) groups excluding carboxylic acids is 2. The number of likely N-dealkylation sites (tertiary alicyclic amines) is 1. The highest BCUT2D eigenvalue weighted by molar-refractivity contribution is 5.92. The topological polar surface area (TPSA) is 115 Å². The highest BCUT2D eigenvalue weighted by Crippen LogP contribution is 2.49. The van der Waals surface area contributed by atoms with E-state index in [0.717, 1.165) is 45.2 Å². The van der Waals surface area contributed by atoms with Crippen LogP contribution in [0.15, 0.2) is 42.6 Å². The number of piperidine rings is 1. The van der Waals surface area contributed by atoms with E-state index in [-0.39, 0.29) is 23.3 Å². The molecule has 1 atom stereocenters. The molecule has 0 bridgehead atoms. The number of nitrogens with one attached hydrogen (secondary N) is 2. The molecule has 2 fully saturated rings. The number of aromatic nitrogens is 2. The van der Waals surface area contributed by atoms with E-state index in [1.165, 1.54) is 5.56 Å². The Morgan fingerprint density at radius 1 is 1.12 bits per heavy atom. The molecule has 2 aromatic rings. The smallest absolute Gasteiger partial charge is 0.475 e. The SMILES string of the molecule is O=C(CCc1ccccc1)NC1CCC12CCN(C(=O)c1ccn[nH]1)CC2.O=C(O)C(F)(F)F. The van der Waals surface area contributed by atoms with Crippen molar-refractivity contribution in [2.45, 2.75) is 50.7 Å². The van der Waals surface area contributed by atoms with Gasteiger partial charge in [0.1, 0.15) is 5.69 Å². The van der Waals surface area contributed by atoms with E-state index < -0.39 is 12.1 Å². The van der Waals surface area contributed by atoms with Crippen molar-refractivity contribution in [2.75, 3.05) is 13.1 Å². The zero-order valence-electron chi connectivity index (χ0n) is 18.5. The number of carboxylic acids is 1. The zero-order valence-corrected chi connectivity index (χ0v) is 18.5. The molecule has 11 heteroatoms. The average Bonchev–Trinajstić information content (AvgIpc) is 3.36. The summed E-state index contributed by atoms with van der Waals surface area (Å²) in [6, 6.07) is 12.1. The number of hydrogen-bond acceptors (Lipinski definition) is 4. The van der Waals surface area contributed by atoms with Crippen LogP contribution in [0.3, 0.4) is 0 Å². The predicted octanol–water partition coefficient (Wildman–Crippen LogP) is 3.18. The standard InChI is InChI=1S/C21H26N4O2.C2HF3O2/c26-19(7-6-16-4-2-1-3-5-16)23-18-8-10-21(18)11-14-25(15-12-21)20(27)17-9-13-22-24-17;3-2(4,5)1(6)7/h1-5,9,13,18H,6-8,10-12,14-15H2,(H,22,24)(H,23,26);(H,6,7). The minimum atomic E-state index is -5.08. The molecule has 1 spiro atoms. The number of amides is 2. The quantitative estimate of drug-likeness (QED) is 0.608. The van der Waals surface area contributed by atoms with E-state index in [1.807, 2.05) is 23.1 Å². The first-order chi connectivity index (χ1) is 16.1. The molecule has 34 heavy (non-hydrogen) atoms. The van der Waals surface area contributed by atoms with Crippen molar-refractivity contribution < 1.29 is 32.7 Å². The summed E-state index contributed by atoms with van der Waals surface area (Å²) in [5.74, 6) is -2.60. The largest absolute Gasteiger partial charge is 0.490 e. The van der Waals surface area contributed by atoms with Gasteiger partial charge in [0.05, 0.1) is 0 Å². The van der Waals surface area contributed by atoms with Crippen LogP contribution in [0.5, 0.6) is 0 Å². The number of carbonyl (C=O) groups is 3. The van der Waals surface area contributed by atoms with Crippen molar-refractivity contribution in [3.8, 4) is 0 Å². The number of rotatable bonds is 5. The summed E-state index contributed by atoms with van der Waals surface area (Å²) in [4.78, 5) is 35.6. The van der Waals surface area contributed by atoms with Crippen molar-refractivity contribution in [2.24, 2.45) is 5.41 Å². The minimum absolute atomic E-state index is 0.0186.